The fourth-order valence-corrected chi connectivity index (χ4v) is 2.43. The number of nitrogens with one attached hydrogen (secondary N) is 2. The molecule has 162 valence electrons. The highest BCUT2D eigenvalue weighted by Gasteiger charge is 2.36. The molecule has 1 amide bonds. The van der Waals surface area contributed by atoms with Crippen LogP contribution in [0.25, 0.3) is 0 Å². The maximum absolute atomic E-state index is 12.9. The second kappa shape index (κ2) is 9.64. The van der Waals surface area contributed by atoms with Crippen LogP contribution in [0.2, 0.25) is 0 Å². The molecule has 0 atom stereocenters. The van der Waals surface area contributed by atoms with Gasteiger partial charge in [0.1, 0.15) is 0 Å². The van der Waals surface area contributed by atoms with Crippen LogP contribution < -0.4 is 10.7 Å². The average molecular weight is 431 g/mol. The molecule has 0 heterocycles. The molecule has 2 N–H and O–H groups in total. The van der Waals surface area contributed by atoms with Crippen molar-refractivity contribution in [3.05, 3.63) is 64.7 Å². The number of nitrogens with zero attached hydrogens (tertiary/aromatic N) is 1. The monoisotopic (exact) mass is 431 g/mol. The van der Waals surface area contributed by atoms with Crippen LogP contribution in [0.5, 0.6) is 0 Å². The lowest BCUT2D eigenvalue weighted by atomic mass is 10.1. The molecule has 0 aliphatic heterocycles. The number of anilines is 1. The molecule has 0 radical (unpaired) electrons. The van der Waals surface area contributed by atoms with Crippen LogP contribution in [0.15, 0.2) is 47.6 Å². The van der Waals surface area contributed by atoms with E-state index < -0.39 is 35.0 Å². The van der Waals surface area contributed by atoms with Gasteiger partial charge < -0.3 is 5.32 Å². The molecule has 0 spiro atoms. The van der Waals surface area contributed by atoms with E-state index in [2.05, 4.69) is 22.8 Å². The van der Waals surface area contributed by atoms with E-state index in [-0.39, 0.29) is 11.6 Å². The second-order valence-corrected chi connectivity index (χ2v) is 6.40. The number of unbranched alkanes of at least 4 members (excludes halogenated alkanes) is 1. The normalized spacial score (nSPS) is 12.2. The minimum atomic E-state index is -4.96. The van der Waals surface area contributed by atoms with Crippen LogP contribution in [0.1, 0.15) is 46.8 Å². The van der Waals surface area contributed by atoms with E-state index in [0.717, 1.165) is 31.3 Å². The Bertz CT molecular complexity index is 857. The number of benzene rings is 2. The number of carbonyl (C=O) groups is 1. The maximum Gasteiger partial charge on any atom is 0.416 e. The van der Waals surface area contributed by atoms with E-state index in [0.29, 0.717) is 12.1 Å². The third-order valence-electron chi connectivity index (χ3n) is 4.00. The number of hydrogen-bond acceptors (Lipinski definition) is 3. The van der Waals surface area contributed by atoms with Gasteiger partial charge in [-0.15, -0.1) is 0 Å². The van der Waals surface area contributed by atoms with Gasteiger partial charge in [-0.1, -0.05) is 13.3 Å². The van der Waals surface area contributed by atoms with Crippen LogP contribution in [0.3, 0.4) is 0 Å². The Labute approximate surface area is 169 Å². The number of rotatable bonds is 7. The Morgan fingerprint density at radius 3 is 2.03 bits per heavy atom. The van der Waals surface area contributed by atoms with E-state index >= 15 is 0 Å². The number of amides is 1. The highest BCUT2D eigenvalue weighted by atomic mass is 19.4. The van der Waals surface area contributed by atoms with Crippen LogP contribution in [-0.4, -0.2) is 18.7 Å². The molecule has 2 aromatic carbocycles. The summed E-state index contributed by atoms with van der Waals surface area (Å²) in [7, 11) is 0. The lowest BCUT2D eigenvalue weighted by molar-refractivity contribution is -0.143. The first kappa shape index (κ1) is 23.2. The Balaban J connectivity index is 2.09. The van der Waals surface area contributed by atoms with E-state index in [1.807, 2.05) is 0 Å². The molecule has 0 aliphatic carbocycles. The standard InChI is InChI=1S/C20H19F6N3O/c1-2-3-8-27-17-6-4-14(5-7-17)18(30)29-28-12-13-9-15(19(21,22)23)11-16(10-13)20(24,25)26/h4-7,9-12,27H,2-3,8H2,1H3,(H,29,30). The average Bonchev–Trinajstić information content (AvgIpc) is 2.67. The van der Waals surface area contributed by atoms with Crippen molar-refractivity contribution in [1.29, 1.82) is 0 Å². The fraction of sp³-hybridized carbons (Fsp3) is 0.300. The highest BCUT2D eigenvalue weighted by molar-refractivity contribution is 5.95. The van der Waals surface area contributed by atoms with Crippen LogP contribution in [-0.2, 0) is 12.4 Å². The summed E-state index contributed by atoms with van der Waals surface area (Å²) >= 11 is 0. The van der Waals surface area contributed by atoms with E-state index in [9.17, 15) is 31.1 Å². The van der Waals surface area contributed by atoms with E-state index in [1.54, 1.807) is 12.1 Å². The van der Waals surface area contributed by atoms with Crippen molar-refractivity contribution in [2.45, 2.75) is 32.1 Å². The van der Waals surface area contributed by atoms with Gasteiger partial charge in [-0.25, -0.2) is 5.43 Å². The molecule has 0 aromatic heterocycles. The lowest BCUT2D eigenvalue weighted by Gasteiger charge is -2.12. The minimum Gasteiger partial charge on any atom is -0.385 e. The molecular formula is C20H19F6N3O. The van der Waals surface area contributed by atoms with Gasteiger partial charge in [0.15, 0.2) is 0 Å². The third kappa shape index (κ3) is 6.78. The van der Waals surface area contributed by atoms with Gasteiger partial charge in [-0.05, 0) is 54.4 Å². The number of halogens is 6. The maximum atomic E-state index is 12.9. The van der Waals surface area contributed by atoms with Crippen molar-refractivity contribution >= 4 is 17.8 Å². The van der Waals surface area contributed by atoms with E-state index in [1.165, 1.54) is 12.1 Å². The molecule has 2 aromatic rings. The molecule has 2 rings (SSSR count). The predicted molar refractivity (Wildman–Crippen MR) is 101 cm³/mol. The molecule has 4 nitrogen and oxygen atoms in total. The highest BCUT2D eigenvalue weighted by Crippen LogP contribution is 2.36. The van der Waals surface area contributed by atoms with Crippen molar-refractivity contribution in [2.24, 2.45) is 5.10 Å². The molecule has 0 unspecified atom stereocenters. The Morgan fingerprint density at radius 2 is 1.53 bits per heavy atom. The molecule has 0 saturated heterocycles. The molecule has 0 aliphatic rings. The van der Waals surface area contributed by atoms with Gasteiger partial charge in [-0.2, -0.15) is 31.4 Å². The topological polar surface area (TPSA) is 53.5 Å². The summed E-state index contributed by atoms with van der Waals surface area (Å²) in [6, 6.07) is 7.44. The predicted octanol–water partition coefficient (Wildman–Crippen LogP) is 5.70. The zero-order chi connectivity index (χ0) is 22.4. The molecule has 0 bridgehead atoms. The van der Waals surface area contributed by atoms with Crippen molar-refractivity contribution in [3.8, 4) is 0 Å². The van der Waals surface area contributed by atoms with Gasteiger partial charge >= 0.3 is 12.4 Å². The van der Waals surface area contributed by atoms with Crippen LogP contribution in [0, 0.1) is 0 Å². The summed E-state index contributed by atoms with van der Waals surface area (Å²) in [5.41, 5.74) is -0.249. The third-order valence-corrected chi connectivity index (χ3v) is 4.00. The van der Waals surface area contributed by atoms with Gasteiger partial charge in [0, 0.05) is 17.8 Å². The first-order chi connectivity index (χ1) is 14.0. The zero-order valence-corrected chi connectivity index (χ0v) is 15.9. The summed E-state index contributed by atoms with van der Waals surface area (Å²) in [4.78, 5) is 12.1. The first-order valence-corrected chi connectivity index (χ1v) is 8.97. The van der Waals surface area contributed by atoms with Crippen molar-refractivity contribution in [2.75, 3.05) is 11.9 Å². The fourth-order valence-electron chi connectivity index (χ4n) is 2.43. The second-order valence-electron chi connectivity index (χ2n) is 6.40. The number of alkyl halides is 6. The molecule has 0 saturated carbocycles. The van der Waals surface area contributed by atoms with Crippen LogP contribution in [0.4, 0.5) is 32.0 Å². The summed E-state index contributed by atoms with van der Waals surface area (Å²) in [6.45, 7) is 2.84. The molecular weight excluding hydrogens is 412 g/mol. The van der Waals surface area contributed by atoms with Crippen molar-refractivity contribution < 1.29 is 31.1 Å². The smallest absolute Gasteiger partial charge is 0.385 e. The van der Waals surface area contributed by atoms with Gasteiger partial charge in [0.25, 0.3) is 5.91 Å². The molecule has 0 fully saturated rings. The Morgan fingerprint density at radius 1 is 0.967 bits per heavy atom. The largest absolute Gasteiger partial charge is 0.416 e. The van der Waals surface area contributed by atoms with Crippen molar-refractivity contribution in [3.63, 3.8) is 0 Å². The number of hydrazone groups is 1. The summed E-state index contributed by atoms with van der Waals surface area (Å²) in [6.07, 6.45) is -7.17. The van der Waals surface area contributed by atoms with Gasteiger partial charge in [0.2, 0.25) is 0 Å². The van der Waals surface area contributed by atoms with E-state index in [4.69, 9.17) is 0 Å². The Kier molecular flexibility index (Phi) is 7.47. The number of carbonyl (C=O) groups excluding carboxylic acids is 1. The lowest BCUT2D eigenvalue weighted by Crippen LogP contribution is -2.18. The number of hydrogen-bond donors (Lipinski definition) is 2. The summed E-state index contributed by atoms with van der Waals surface area (Å²) in [5.74, 6) is -0.658. The van der Waals surface area contributed by atoms with Gasteiger partial charge in [0.05, 0.1) is 17.3 Å². The summed E-state index contributed by atoms with van der Waals surface area (Å²) in [5, 5.41) is 6.64. The molecule has 10 heteroatoms. The first-order valence-electron chi connectivity index (χ1n) is 8.97. The quantitative estimate of drug-likeness (QED) is 0.256. The Hall–Kier alpha value is -3.04. The van der Waals surface area contributed by atoms with Gasteiger partial charge in [-0.3, -0.25) is 4.79 Å². The zero-order valence-electron chi connectivity index (χ0n) is 15.9. The minimum absolute atomic E-state index is 0.0199. The molecule has 30 heavy (non-hydrogen) atoms. The SMILES string of the molecule is CCCCNc1ccc(C(=O)NN=Cc2cc(C(F)(F)F)cc(C(F)(F)F)c2)cc1. The van der Waals surface area contributed by atoms with Crippen LogP contribution >= 0.6 is 0 Å². The van der Waals surface area contributed by atoms with Crippen molar-refractivity contribution in [1.82, 2.24) is 5.43 Å². The summed E-state index contributed by atoms with van der Waals surface area (Å²) < 4.78 is 77.1.